The lowest BCUT2D eigenvalue weighted by atomic mass is 10.2. The molecule has 112 valence electrons. The first-order chi connectivity index (χ1) is 10.3. The number of hydrogen-bond acceptors (Lipinski definition) is 3. The van der Waals surface area contributed by atoms with Crippen LogP contribution in [-0.2, 0) is 13.0 Å². The average molecular weight is 304 g/mol. The molecule has 0 bridgehead atoms. The maximum absolute atomic E-state index is 12.3. The minimum Gasteiger partial charge on any atom is -0.338 e. The number of likely N-dealkylation sites (tertiary alicyclic amines) is 1. The highest BCUT2D eigenvalue weighted by Crippen LogP contribution is 2.18. The Labute approximate surface area is 128 Å². The van der Waals surface area contributed by atoms with Crippen LogP contribution >= 0.6 is 11.3 Å². The first kappa shape index (κ1) is 14.1. The van der Waals surface area contributed by atoms with Gasteiger partial charge in [-0.25, -0.2) is 4.79 Å². The predicted octanol–water partition coefficient (Wildman–Crippen LogP) is 2.36. The Morgan fingerprint density at radius 3 is 3.19 bits per heavy atom. The van der Waals surface area contributed by atoms with Crippen molar-refractivity contribution in [1.29, 1.82) is 0 Å². The number of aromatic nitrogens is 2. The van der Waals surface area contributed by atoms with Gasteiger partial charge < -0.3 is 10.2 Å². The van der Waals surface area contributed by atoms with Gasteiger partial charge in [-0.2, -0.15) is 5.10 Å². The van der Waals surface area contributed by atoms with E-state index in [1.54, 1.807) is 17.5 Å². The second-order valence-electron chi connectivity index (χ2n) is 5.28. The first-order valence-electron chi connectivity index (χ1n) is 7.37. The van der Waals surface area contributed by atoms with Gasteiger partial charge in [-0.05, 0) is 36.8 Å². The average Bonchev–Trinajstić information content (AvgIpc) is 3.20. The van der Waals surface area contributed by atoms with Crippen molar-refractivity contribution in [2.45, 2.75) is 31.8 Å². The van der Waals surface area contributed by atoms with E-state index in [2.05, 4.69) is 21.9 Å². The highest BCUT2D eigenvalue weighted by molar-refractivity contribution is 7.09. The molecule has 6 heteroatoms. The van der Waals surface area contributed by atoms with Crippen LogP contribution in [0.5, 0.6) is 0 Å². The van der Waals surface area contributed by atoms with Gasteiger partial charge in [0.1, 0.15) is 0 Å². The number of rotatable bonds is 5. The third-order valence-electron chi connectivity index (χ3n) is 3.82. The molecule has 5 nitrogen and oxygen atoms in total. The van der Waals surface area contributed by atoms with Crippen LogP contribution in [0.25, 0.3) is 0 Å². The largest absolute Gasteiger partial charge is 0.338 e. The molecule has 2 aromatic rings. The molecule has 0 radical (unpaired) electrons. The molecule has 2 amide bonds. The number of nitrogens with zero attached hydrogens (tertiary/aromatic N) is 3. The summed E-state index contributed by atoms with van der Waals surface area (Å²) in [6.07, 6.45) is 6.76. The third-order valence-corrected chi connectivity index (χ3v) is 4.76. The number of thiophene rings is 1. The van der Waals surface area contributed by atoms with Gasteiger partial charge in [0.2, 0.25) is 0 Å². The van der Waals surface area contributed by atoms with Crippen molar-refractivity contribution in [3.63, 3.8) is 0 Å². The second-order valence-corrected chi connectivity index (χ2v) is 6.31. The molecule has 1 atom stereocenters. The van der Waals surface area contributed by atoms with E-state index < -0.39 is 0 Å². The Hall–Kier alpha value is -1.82. The Kier molecular flexibility index (Phi) is 4.55. The molecule has 0 aliphatic carbocycles. The molecule has 1 N–H and O–H groups in total. The third kappa shape index (κ3) is 3.64. The normalized spacial score (nSPS) is 18.1. The number of hydrogen-bond donors (Lipinski definition) is 1. The van der Waals surface area contributed by atoms with Crippen LogP contribution in [-0.4, -0.2) is 39.8 Å². The number of urea groups is 1. The van der Waals surface area contributed by atoms with Gasteiger partial charge in [-0.1, -0.05) is 6.07 Å². The lowest BCUT2D eigenvalue weighted by molar-refractivity contribution is 0.186. The molecule has 1 aliphatic rings. The van der Waals surface area contributed by atoms with Gasteiger partial charge in [0.05, 0.1) is 12.6 Å². The molecule has 0 saturated carbocycles. The topological polar surface area (TPSA) is 50.2 Å². The molecule has 0 unspecified atom stereocenters. The quantitative estimate of drug-likeness (QED) is 0.922. The molecular formula is C15H20N4OS. The summed E-state index contributed by atoms with van der Waals surface area (Å²) in [5, 5.41) is 9.33. The lowest BCUT2D eigenvalue weighted by Gasteiger charge is -2.25. The van der Waals surface area contributed by atoms with E-state index in [4.69, 9.17) is 0 Å². The van der Waals surface area contributed by atoms with Crippen molar-refractivity contribution in [3.8, 4) is 0 Å². The van der Waals surface area contributed by atoms with E-state index in [1.165, 1.54) is 4.88 Å². The first-order valence-corrected chi connectivity index (χ1v) is 8.25. The maximum atomic E-state index is 12.3. The van der Waals surface area contributed by atoms with Crippen molar-refractivity contribution < 1.29 is 4.79 Å². The molecule has 0 spiro atoms. The van der Waals surface area contributed by atoms with Crippen LogP contribution in [0.4, 0.5) is 4.79 Å². The standard InChI is InChI=1S/C15H20N4OS/c20-15(16-8-6-14-5-2-11-21-14)19-10-1-4-13(19)12-18-9-3-7-17-18/h2-3,5,7,9,11,13H,1,4,6,8,10,12H2,(H,16,20)/t13-/m1/s1. The minimum atomic E-state index is 0.0567. The van der Waals surface area contributed by atoms with E-state index >= 15 is 0 Å². The summed E-state index contributed by atoms with van der Waals surface area (Å²) < 4.78 is 1.90. The monoisotopic (exact) mass is 304 g/mol. The Morgan fingerprint density at radius 2 is 2.43 bits per heavy atom. The van der Waals surface area contributed by atoms with Gasteiger partial charge in [0.25, 0.3) is 0 Å². The van der Waals surface area contributed by atoms with Gasteiger partial charge in [-0.15, -0.1) is 11.3 Å². The zero-order chi connectivity index (χ0) is 14.5. The fourth-order valence-corrected chi connectivity index (χ4v) is 3.48. The molecule has 2 aromatic heterocycles. The predicted molar refractivity (Wildman–Crippen MR) is 83.4 cm³/mol. The smallest absolute Gasteiger partial charge is 0.317 e. The van der Waals surface area contributed by atoms with Crippen molar-refractivity contribution in [2.24, 2.45) is 0 Å². The van der Waals surface area contributed by atoms with Gasteiger partial charge in [-0.3, -0.25) is 4.68 Å². The van der Waals surface area contributed by atoms with Crippen LogP contribution in [0.1, 0.15) is 17.7 Å². The SMILES string of the molecule is O=C(NCCc1cccs1)N1CCC[C@@H]1Cn1cccn1. The zero-order valence-corrected chi connectivity index (χ0v) is 12.8. The molecule has 21 heavy (non-hydrogen) atoms. The number of carbonyl (C=O) groups excluding carboxylic acids is 1. The van der Waals surface area contributed by atoms with E-state index in [-0.39, 0.29) is 12.1 Å². The number of nitrogens with one attached hydrogen (secondary N) is 1. The molecule has 0 aromatic carbocycles. The van der Waals surface area contributed by atoms with Crippen LogP contribution in [0.2, 0.25) is 0 Å². The molecule has 3 rings (SSSR count). The van der Waals surface area contributed by atoms with Crippen molar-refractivity contribution in [3.05, 3.63) is 40.8 Å². The fraction of sp³-hybridized carbons (Fsp3) is 0.467. The summed E-state index contributed by atoms with van der Waals surface area (Å²) in [4.78, 5) is 15.6. The van der Waals surface area contributed by atoms with Crippen LogP contribution < -0.4 is 5.32 Å². The van der Waals surface area contributed by atoms with Gasteiger partial charge >= 0.3 is 6.03 Å². The highest BCUT2D eigenvalue weighted by Gasteiger charge is 2.28. The number of amides is 2. The number of carbonyl (C=O) groups is 1. The molecular weight excluding hydrogens is 284 g/mol. The van der Waals surface area contributed by atoms with E-state index in [0.717, 1.165) is 32.4 Å². The fourth-order valence-electron chi connectivity index (χ4n) is 2.77. The van der Waals surface area contributed by atoms with Crippen molar-refractivity contribution in [1.82, 2.24) is 20.0 Å². The highest BCUT2D eigenvalue weighted by atomic mass is 32.1. The molecule has 1 aliphatic heterocycles. The van der Waals surface area contributed by atoms with Crippen molar-refractivity contribution in [2.75, 3.05) is 13.1 Å². The Balaban J connectivity index is 1.48. The summed E-state index contributed by atoms with van der Waals surface area (Å²) in [5.41, 5.74) is 0. The van der Waals surface area contributed by atoms with Crippen molar-refractivity contribution >= 4 is 17.4 Å². The molecule has 1 fully saturated rings. The van der Waals surface area contributed by atoms with Crippen LogP contribution in [0.15, 0.2) is 36.0 Å². The van der Waals surface area contributed by atoms with Crippen LogP contribution in [0.3, 0.4) is 0 Å². The minimum absolute atomic E-state index is 0.0567. The Bertz CT molecular complexity index is 552. The summed E-state index contributed by atoms with van der Waals surface area (Å²) >= 11 is 1.73. The zero-order valence-electron chi connectivity index (χ0n) is 11.9. The molecule has 1 saturated heterocycles. The lowest BCUT2D eigenvalue weighted by Crippen LogP contribution is -2.44. The van der Waals surface area contributed by atoms with E-state index in [9.17, 15) is 4.79 Å². The van der Waals surface area contributed by atoms with Gasteiger partial charge in [0, 0.05) is 30.4 Å². The molecule has 3 heterocycles. The summed E-state index contributed by atoms with van der Waals surface area (Å²) in [6.45, 7) is 2.33. The summed E-state index contributed by atoms with van der Waals surface area (Å²) in [5.74, 6) is 0. The summed E-state index contributed by atoms with van der Waals surface area (Å²) in [7, 11) is 0. The van der Waals surface area contributed by atoms with Crippen LogP contribution in [0, 0.1) is 0 Å². The second kappa shape index (κ2) is 6.76. The summed E-state index contributed by atoms with van der Waals surface area (Å²) in [6, 6.07) is 6.38. The maximum Gasteiger partial charge on any atom is 0.317 e. The van der Waals surface area contributed by atoms with E-state index in [0.29, 0.717) is 6.54 Å². The van der Waals surface area contributed by atoms with E-state index in [1.807, 2.05) is 27.9 Å². The van der Waals surface area contributed by atoms with Gasteiger partial charge in [0.15, 0.2) is 0 Å². The Morgan fingerprint density at radius 1 is 1.48 bits per heavy atom.